The van der Waals surface area contributed by atoms with Crippen molar-refractivity contribution in [3.05, 3.63) is 77.0 Å². The number of imidazole rings is 1. The molecule has 0 saturated carbocycles. The molecule has 2 atom stereocenters. The lowest BCUT2D eigenvalue weighted by atomic mass is 10.1. The topological polar surface area (TPSA) is 301 Å². The third-order valence-electron chi connectivity index (χ3n) is 10.9. The molecule has 2 amide bonds. The van der Waals surface area contributed by atoms with Crippen LogP contribution in [0.15, 0.2) is 75.5 Å². The van der Waals surface area contributed by atoms with Crippen molar-refractivity contribution in [3.63, 3.8) is 0 Å². The molecule has 7 rings (SSSR count). The Morgan fingerprint density at radius 1 is 0.895 bits per heavy atom. The highest BCUT2D eigenvalue weighted by molar-refractivity contribution is 9.10. The Bertz CT molecular complexity index is 3090. The summed E-state index contributed by atoms with van der Waals surface area (Å²) in [5.74, 6) is -1.14. The maximum atomic E-state index is 15.2. The van der Waals surface area contributed by atoms with Crippen molar-refractivity contribution >= 4 is 95.9 Å². The highest BCUT2D eigenvalue weighted by Gasteiger charge is 2.34. The number of halogens is 3. The summed E-state index contributed by atoms with van der Waals surface area (Å²) in [6, 6.07) is 9.92. The van der Waals surface area contributed by atoms with Crippen LogP contribution in [0.3, 0.4) is 0 Å². The molecule has 0 spiro atoms. The summed E-state index contributed by atoms with van der Waals surface area (Å²) in [6.45, 7) is 8.08. The second-order valence-electron chi connectivity index (χ2n) is 17.7. The Morgan fingerprint density at radius 2 is 1.58 bits per heavy atom. The molecule has 6 aromatic rings. The summed E-state index contributed by atoms with van der Waals surface area (Å²) in [6.07, 6.45) is 3.97. The molecular formula is C47H58BrF2N15O10S. The minimum Gasteiger partial charge on any atom is -0.478 e. The van der Waals surface area contributed by atoms with Gasteiger partial charge in [-0.25, -0.2) is 36.7 Å². The SMILES string of the molecule is COc1nn(CCOCCOCCOCCOCCNS(=O)(=O)c2ccc(Nc3ncc(Br)c(Nc4cccc(F)c4C(N)=O)n3)cc2)cc1Nc1nc(N2CC(C=NC(=O)OC(C)(C)C)[C@H](F)C2)nc2c1ncn2C. The van der Waals surface area contributed by atoms with Crippen molar-refractivity contribution in [2.75, 3.05) is 100 Å². The lowest BCUT2D eigenvalue weighted by Crippen LogP contribution is -2.27. The number of nitrogens with zero attached hydrogens (tertiary/aromatic N) is 10. The number of hydrogen-bond donors (Lipinski definition) is 5. The molecule has 2 aromatic carbocycles. The largest absolute Gasteiger partial charge is 0.478 e. The normalized spacial score (nSPS) is 14.9. The summed E-state index contributed by atoms with van der Waals surface area (Å²) in [7, 11) is -0.554. The van der Waals surface area contributed by atoms with E-state index in [-0.39, 0.29) is 73.3 Å². The monoisotopic (exact) mass is 1140 g/mol. The van der Waals surface area contributed by atoms with Crippen LogP contribution >= 0.6 is 15.9 Å². The fourth-order valence-corrected chi connectivity index (χ4v) is 8.57. The van der Waals surface area contributed by atoms with Gasteiger partial charge in [0.15, 0.2) is 17.0 Å². The molecule has 0 bridgehead atoms. The van der Waals surface area contributed by atoms with E-state index in [1.54, 1.807) is 54.5 Å². The Balaban J connectivity index is 0.750. The molecular weight excluding hydrogens is 1080 g/mol. The quantitative estimate of drug-likeness (QED) is 0.0318. The second kappa shape index (κ2) is 26.2. The van der Waals surface area contributed by atoms with Crippen molar-refractivity contribution in [1.29, 1.82) is 0 Å². The number of alkyl halides is 1. The van der Waals surface area contributed by atoms with Gasteiger partial charge in [0.05, 0.1) is 106 Å². The van der Waals surface area contributed by atoms with Gasteiger partial charge < -0.3 is 59.6 Å². The number of aryl methyl sites for hydroxylation is 1. The van der Waals surface area contributed by atoms with Gasteiger partial charge in [0.1, 0.15) is 29.1 Å². The van der Waals surface area contributed by atoms with E-state index in [4.69, 9.17) is 39.1 Å². The number of aliphatic imine (C=N–C) groups is 1. The van der Waals surface area contributed by atoms with Crippen LogP contribution in [0.4, 0.5) is 54.2 Å². The van der Waals surface area contributed by atoms with Crippen molar-refractivity contribution in [2.24, 2.45) is 23.7 Å². The van der Waals surface area contributed by atoms with Crippen molar-refractivity contribution < 1.29 is 55.2 Å². The van der Waals surface area contributed by atoms with Crippen LogP contribution in [0.2, 0.25) is 0 Å². The smallest absolute Gasteiger partial charge is 0.433 e. The lowest BCUT2D eigenvalue weighted by Gasteiger charge is -2.17. The molecule has 1 unspecified atom stereocenters. The summed E-state index contributed by atoms with van der Waals surface area (Å²) in [4.78, 5) is 51.9. The standard InChI is InChI=1S/C47H58BrF2N15O10S/c1-47(2,3)75-46(67)53-23-29-25-64(26-34(29)50)45-60-41(38-42(61-45)63(4)28-54-38)58-36-27-65(62-43(36)70-5)14-16-72-18-20-74-22-21-73-19-17-71-15-13-55-76(68,69)31-11-9-30(10-12-31)56-44-52-24-32(48)40(59-44)57-35-8-6-7-33(49)37(35)39(51)66/h6-12,23-24,27-29,34,55H,13-22,25-26H2,1-5H3,(H2,51,66)(H,58,60,61)(H2,52,56,57,59)/t29?,34-/m1/s1. The highest BCUT2D eigenvalue weighted by Crippen LogP contribution is 2.32. The van der Waals surface area contributed by atoms with E-state index in [0.29, 0.717) is 78.3 Å². The number of amides is 2. The van der Waals surface area contributed by atoms with Crippen molar-refractivity contribution in [2.45, 2.75) is 44.0 Å². The minimum absolute atomic E-state index is 0.00762. The first-order chi connectivity index (χ1) is 36.4. The zero-order chi connectivity index (χ0) is 54.4. The molecule has 1 fully saturated rings. The van der Waals surface area contributed by atoms with E-state index in [9.17, 15) is 22.4 Å². The first kappa shape index (κ1) is 56.7. The number of ether oxygens (including phenoxy) is 6. The number of nitrogens with one attached hydrogen (secondary N) is 4. The molecule has 25 nitrogen and oxygen atoms in total. The molecule has 76 heavy (non-hydrogen) atoms. The maximum Gasteiger partial charge on any atom is 0.433 e. The number of benzene rings is 2. The van der Waals surface area contributed by atoms with Crippen molar-refractivity contribution in [3.8, 4) is 5.88 Å². The number of primary amides is 1. The predicted octanol–water partition coefficient (Wildman–Crippen LogP) is 5.41. The molecule has 4 aromatic heterocycles. The Morgan fingerprint density at radius 3 is 2.26 bits per heavy atom. The van der Waals surface area contributed by atoms with Gasteiger partial charge in [-0.1, -0.05) is 6.07 Å². The Kier molecular flexibility index (Phi) is 19.5. The van der Waals surface area contributed by atoms with E-state index in [2.05, 4.69) is 66.6 Å². The third-order valence-corrected chi connectivity index (χ3v) is 12.9. The van der Waals surface area contributed by atoms with Gasteiger partial charge in [-0.15, -0.1) is 5.10 Å². The van der Waals surface area contributed by atoms with E-state index in [1.165, 1.54) is 55.9 Å². The van der Waals surface area contributed by atoms with Gasteiger partial charge in [-0.05, 0) is 73.1 Å². The van der Waals surface area contributed by atoms with Gasteiger partial charge >= 0.3 is 6.09 Å². The van der Waals surface area contributed by atoms with Gasteiger partial charge in [0.2, 0.25) is 21.9 Å². The fourth-order valence-electron chi connectivity index (χ4n) is 7.26. The molecule has 408 valence electrons. The summed E-state index contributed by atoms with van der Waals surface area (Å²) in [5.41, 5.74) is 6.42. The van der Waals surface area contributed by atoms with E-state index in [1.807, 2.05) is 0 Å². The number of hydrogen-bond acceptors (Lipinski definition) is 20. The van der Waals surface area contributed by atoms with Crippen LogP contribution in [-0.2, 0) is 47.3 Å². The molecule has 0 aliphatic carbocycles. The predicted molar refractivity (Wildman–Crippen MR) is 280 cm³/mol. The van der Waals surface area contributed by atoms with Crippen molar-refractivity contribution in [1.82, 2.24) is 44.0 Å². The van der Waals surface area contributed by atoms with Gasteiger partial charge in [0.25, 0.3) is 11.8 Å². The van der Waals surface area contributed by atoms with E-state index >= 15 is 4.39 Å². The zero-order valence-corrected chi connectivity index (χ0v) is 44.6. The number of carbonyl (C=O) groups is 2. The number of rotatable bonds is 27. The summed E-state index contributed by atoms with van der Waals surface area (Å²) in [5, 5.41) is 13.6. The molecule has 6 N–H and O–H groups in total. The van der Waals surface area contributed by atoms with E-state index < -0.39 is 45.5 Å². The minimum atomic E-state index is -3.84. The second-order valence-corrected chi connectivity index (χ2v) is 20.3. The van der Waals surface area contributed by atoms with E-state index in [0.717, 1.165) is 6.07 Å². The highest BCUT2D eigenvalue weighted by atomic mass is 79.9. The fraction of sp³-hybridized carbons (Fsp3) is 0.426. The number of carbonyl (C=O) groups excluding carboxylic acids is 2. The molecule has 1 aliphatic heterocycles. The zero-order valence-electron chi connectivity index (χ0n) is 42.2. The molecule has 1 aliphatic rings. The Hall–Kier alpha value is -7.02. The lowest BCUT2D eigenvalue weighted by molar-refractivity contribution is -0.00216. The van der Waals surface area contributed by atoms with Crippen LogP contribution in [-0.4, -0.2) is 157 Å². The third kappa shape index (κ3) is 15.8. The van der Waals surface area contributed by atoms with Crippen LogP contribution in [0.5, 0.6) is 5.88 Å². The van der Waals surface area contributed by atoms with Crippen LogP contribution in [0.1, 0.15) is 31.1 Å². The number of anilines is 7. The van der Waals surface area contributed by atoms with Gasteiger partial charge in [0, 0.05) is 44.2 Å². The average Bonchev–Trinajstić information content (AvgIpc) is 4.08. The van der Waals surface area contributed by atoms with Gasteiger partial charge in [-0.2, -0.15) is 19.9 Å². The molecule has 29 heteroatoms. The van der Waals surface area contributed by atoms with Crippen LogP contribution in [0, 0.1) is 11.7 Å². The summed E-state index contributed by atoms with van der Waals surface area (Å²) >= 11 is 3.33. The Labute approximate surface area is 444 Å². The number of sulfonamides is 1. The number of methoxy groups -OCH3 is 1. The van der Waals surface area contributed by atoms with Crippen LogP contribution < -0.4 is 36.0 Å². The summed E-state index contributed by atoms with van der Waals surface area (Å²) < 4.78 is 94.7. The molecule has 1 saturated heterocycles. The number of nitrogens with two attached hydrogens (primary N) is 1. The number of fused-ring (bicyclic) bond motifs is 1. The maximum absolute atomic E-state index is 15.2. The molecule has 5 heterocycles. The first-order valence-corrected chi connectivity index (χ1v) is 25.9. The van der Waals surface area contributed by atoms with Gasteiger partial charge in [-0.3, -0.25) is 9.48 Å². The van der Waals surface area contributed by atoms with Crippen LogP contribution in [0.25, 0.3) is 11.2 Å². The first-order valence-electron chi connectivity index (χ1n) is 23.7. The average molecular weight is 1140 g/mol. The number of aromatic nitrogens is 8. The molecule has 0 radical (unpaired) electrons.